The smallest absolute Gasteiger partial charge is 0.268 e. The molecule has 0 radical (unpaired) electrons. The lowest BCUT2D eigenvalue weighted by Crippen LogP contribution is -2.36. The maximum atomic E-state index is 11.9. The molecule has 0 spiro atoms. The van der Waals surface area contributed by atoms with Crippen molar-refractivity contribution >= 4 is 15.9 Å². The first kappa shape index (κ1) is 14.6. The van der Waals surface area contributed by atoms with Crippen molar-refractivity contribution in [1.82, 2.24) is 14.7 Å². The van der Waals surface area contributed by atoms with Gasteiger partial charge in [0.25, 0.3) is 5.91 Å². The number of hydrogen-bond donors (Lipinski definition) is 1. The minimum Gasteiger partial charge on any atom is -0.268 e. The van der Waals surface area contributed by atoms with Gasteiger partial charge in [-0.2, -0.15) is 0 Å². The van der Waals surface area contributed by atoms with Crippen molar-refractivity contribution in [3.8, 4) is 0 Å². The Balaban J connectivity index is 3.06. The second-order valence-corrected chi connectivity index (χ2v) is 6.74. The number of amides is 1. The highest BCUT2D eigenvalue weighted by molar-refractivity contribution is 7.90. The maximum absolute atomic E-state index is 11.9. The van der Waals surface area contributed by atoms with Crippen molar-refractivity contribution in [2.45, 2.75) is 38.9 Å². The molecular formula is C11H17N3O3S. The van der Waals surface area contributed by atoms with Crippen LogP contribution in [0.1, 0.15) is 49.7 Å². The van der Waals surface area contributed by atoms with E-state index in [2.05, 4.69) is 9.97 Å². The van der Waals surface area contributed by atoms with Crippen LogP contribution in [0.4, 0.5) is 0 Å². The molecule has 0 aliphatic carbocycles. The molecule has 0 aliphatic heterocycles. The van der Waals surface area contributed by atoms with Gasteiger partial charge in [-0.15, -0.1) is 0 Å². The first-order valence-corrected chi connectivity index (χ1v) is 7.16. The van der Waals surface area contributed by atoms with Crippen molar-refractivity contribution in [2.75, 3.05) is 0 Å². The highest BCUT2D eigenvalue weighted by Gasteiger charge is 2.22. The fourth-order valence-corrected chi connectivity index (χ4v) is 1.88. The summed E-state index contributed by atoms with van der Waals surface area (Å²) in [6, 6.07) is 0. The third-order valence-corrected chi connectivity index (χ3v) is 4.10. The minimum atomic E-state index is -3.64. The normalized spacial score (nSPS) is 11.9. The topological polar surface area (TPSA) is 89.0 Å². The molecule has 0 bridgehead atoms. The molecule has 1 amide bonds. The lowest BCUT2D eigenvalue weighted by Gasteiger charge is -2.12. The molecule has 0 atom stereocenters. The monoisotopic (exact) mass is 271 g/mol. The second kappa shape index (κ2) is 5.43. The summed E-state index contributed by atoms with van der Waals surface area (Å²) in [4.78, 5) is 19.7. The van der Waals surface area contributed by atoms with E-state index in [1.54, 1.807) is 0 Å². The van der Waals surface area contributed by atoms with E-state index < -0.39 is 21.2 Å². The largest absolute Gasteiger partial charge is 0.268 e. The van der Waals surface area contributed by atoms with Crippen LogP contribution in [0, 0.1) is 0 Å². The third kappa shape index (κ3) is 3.25. The van der Waals surface area contributed by atoms with Gasteiger partial charge in [-0.1, -0.05) is 13.8 Å². The van der Waals surface area contributed by atoms with E-state index in [1.807, 2.05) is 18.6 Å². The summed E-state index contributed by atoms with van der Waals surface area (Å²) in [6.07, 6.45) is 2.66. The average Bonchev–Trinajstić information content (AvgIpc) is 2.28. The van der Waals surface area contributed by atoms with E-state index >= 15 is 0 Å². The lowest BCUT2D eigenvalue weighted by molar-refractivity contribution is 0.0979. The number of hydrogen-bond acceptors (Lipinski definition) is 5. The highest BCUT2D eigenvalue weighted by Crippen LogP contribution is 2.15. The molecule has 6 nitrogen and oxygen atoms in total. The molecule has 0 fully saturated rings. The van der Waals surface area contributed by atoms with Crippen LogP contribution in [0.5, 0.6) is 0 Å². The molecule has 0 saturated heterocycles. The zero-order chi connectivity index (χ0) is 13.9. The van der Waals surface area contributed by atoms with Gasteiger partial charge in [-0.25, -0.2) is 23.1 Å². The molecule has 1 aromatic rings. The van der Waals surface area contributed by atoms with Crippen molar-refractivity contribution in [2.24, 2.45) is 0 Å². The molecule has 0 aliphatic rings. The van der Waals surface area contributed by atoms with Gasteiger partial charge in [0.2, 0.25) is 10.0 Å². The first-order chi connectivity index (χ1) is 8.25. The molecule has 0 aromatic carbocycles. The maximum Gasteiger partial charge on any atom is 0.268 e. The number of carbonyl (C=O) groups excluding carboxylic acids is 1. The molecular weight excluding hydrogens is 254 g/mol. The lowest BCUT2D eigenvalue weighted by atomic mass is 10.1. The second-order valence-electron chi connectivity index (χ2n) is 4.50. The van der Waals surface area contributed by atoms with E-state index in [0.29, 0.717) is 5.69 Å². The Bertz CT molecular complexity index is 538. The van der Waals surface area contributed by atoms with Gasteiger partial charge in [0.15, 0.2) is 0 Å². The Morgan fingerprint density at radius 2 is 1.89 bits per heavy atom. The molecule has 1 rings (SSSR count). The summed E-state index contributed by atoms with van der Waals surface area (Å²) in [5.41, 5.74) is 0.721. The molecule has 18 heavy (non-hydrogen) atoms. The van der Waals surface area contributed by atoms with E-state index in [-0.39, 0.29) is 11.5 Å². The number of carbonyl (C=O) groups is 1. The predicted octanol–water partition coefficient (Wildman–Crippen LogP) is 1.07. The van der Waals surface area contributed by atoms with Gasteiger partial charge in [0.05, 0.1) is 16.5 Å². The van der Waals surface area contributed by atoms with Crippen molar-refractivity contribution < 1.29 is 13.2 Å². The van der Waals surface area contributed by atoms with Crippen LogP contribution in [0.25, 0.3) is 0 Å². The fourth-order valence-electron chi connectivity index (χ4n) is 1.28. The first-order valence-electron chi connectivity index (χ1n) is 5.61. The van der Waals surface area contributed by atoms with Crippen LogP contribution >= 0.6 is 0 Å². The van der Waals surface area contributed by atoms with Gasteiger partial charge in [-0.05, 0) is 19.8 Å². The summed E-state index contributed by atoms with van der Waals surface area (Å²) >= 11 is 0. The van der Waals surface area contributed by atoms with Crippen molar-refractivity contribution in [3.05, 3.63) is 23.8 Å². The Kier molecular flexibility index (Phi) is 4.39. The van der Waals surface area contributed by atoms with E-state index in [1.165, 1.54) is 26.4 Å². The van der Waals surface area contributed by atoms with Crippen LogP contribution in [0.2, 0.25) is 0 Å². The standard InChI is InChI=1S/C11H17N3O3S/c1-7(2)10-9(5-12-6-13-10)11(15)14-18(16,17)8(3)4/h5-8H,1-4H3,(H,14,15). The van der Waals surface area contributed by atoms with Gasteiger partial charge >= 0.3 is 0 Å². The van der Waals surface area contributed by atoms with Crippen molar-refractivity contribution in [3.63, 3.8) is 0 Å². The molecule has 7 heteroatoms. The van der Waals surface area contributed by atoms with Crippen LogP contribution in [-0.4, -0.2) is 29.5 Å². The van der Waals surface area contributed by atoms with Crippen LogP contribution < -0.4 is 4.72 Å². The Labute approximate surface area is 107 Å². The predicted molar refractivity (Wildman–Crippen MR) is 67.6 cm³/mol. The van der Waals surface area contributed by atoms with Gasteiger partial charge < -0.3 is 0 Å². The zero-order valence-corrected chi connectivity index (χ0v) is 11.7. The number of nitrogens with zero attached hydrogens (tertiary/aromatic N) is 2. The molecule has 100 valence electrons. The van der Waals surface area contributed by atoms with E-state index in [4.69, 9.17) is 0 Å². The summed E-state index contributed by atoms with van der Waals surface area (Å²) in [5, 5.41) is -0.673. The zero-order valence-electron chi connectivity index (χ0n) is 10.8. The van der Waals surface area contributed by atoms with Crippen LogP contribution in [-0.2, 0) is 10.0 Å². The summed E-state index contributed by atoms with van der Waals surface area (Å²) in [7, 11) is -3.64. The molecule has 1 heterocycles. The van der Waals surface area contributed by atoms with Gasteiger partial charge in [0, 0.05) is 6.20 Å². The number of sulfonamides is 1. The van der Waals surface area contributed by atoms with Gasteiger partial charge in [0.1, 0.15) is 6.33 Å². The van der Waals surface area contributed by atoms with E-state index in [0.717, 1.165) is 0 Å². The number of nitrogens with one attached hydrogen (secondary N) is 1. The Hall–Kier alpha value is -1.50. The quantitative estimate of drug-likeness (QED) is 0.884. The molecule has 1 aromatic heterocycles. The summed E-state index contributed by atoms with van der Waals surface area (Å²) in [5.74, 6) is -0.677. The average molecular weight is 271 g/mol. The Morgan fingerprint density at radius 3 is 2.39 bits per heavy atom. The summed E-state index contributed by atoms with van der Waals surface area (Å²) < 4.78 is 25.3. The van der Waals surface area contributed by atoms with Crippen LogP contribution in [0.15, 0.2) is 12.5 Å². The van der Waals surface area contributed by atoms with Gasteiger partial charge in [-0.3, -0.25) is 4.79 Å². The molecule has 1 N–H and O–H groups in total. The number of rotatable bonds is 4. The summed E-state index contributed by atoms with van der Waals surface area (Å²) in [6.45, 7) is 6.74. The molecule has 0 saturated carbocycles. The Morgan fingerprint density at radius 1 is 1.28 bits per heavy atom. The van der Waals surface area contributed by atoms with Crippen molar-refractivity contribution in [1.29, 1.82) is 0 Å². The molecule has 0 unspecified atom stereocenters. The fraction of sp³-hybridized carbons (Fsp3) is 0.545. The minimum absolute atomic E-state index is 0.00973. The SMILES string of the molecule is CC(C)c1ncncc1C(=O)NS(=O)(=O)C(C)C. The third-order valence-electron chi connectivity index (χ3n) is 2.39. The highest BCUT2D eigenvalue weighted by atomic mass is 32.2. The number of aromatic nitrogens is 2. The van der Waals surface area contributed by atoms with Crippen LogP contribution in [0.3, 0.4) is 0 Å². The van der Waals surface area contributed by atoms with E-state index in [9.17, 15) is 13.2 Å².